The van der Waals surface area contributed by atoms with Crippen molar-refractivity contribution in [1.29, 1.82) is 0 Å². The van der Waals surface area contributed by atoms with Crippen LogP contribution in [0.1, 0.15) is 70.9 Å². The van der Waals surface area contributed by atoms with Gasteiger partial charge in [-0.1, -0.05) is 82.1 Å². The number of hydrogen-bond donors (Lipinski definition) is 2. The van der Waals surface area contributed by atoms with Crippen LogP contribution < -0.4 is 10.2 Å². The molecule has 1 aliphatic heterocycles. The van der Waals surface area contributed by atoms with Gasteiger partial charge in [-0.3, -0.25) is 19.1 Å². The summed E-state index contributed by atoms with van der Waals surface area (Å²) in [5.74, 6) is -1.94. The zero-order valence-corrected chi connectivity index (χ0v) is 25.9. The number of nitrogens with one attached hydrogen (secondary N) is 1. The van der Waals surface area contributed by atoms with Gasteiger partial charge in [0, 0.05) is 5.69 Å². The minimum atomic E-state index is -3.68. The molecule has 0 aromatic heterocycles. The lowest BCUT2D eigenvalue weighted by molar-refractivity contribution is -0.143. The van der Waals surface area contributed by atoms with Crippen molar-refractivity contribution in [3.8, 4) is 0 Å². The van der Waals surface area contributed by atoms with Gasteiger partial charge >= 0.3 is 13.6 Å². The standard InChI is InChI=1S/C32H43N2O7P/c1-5-40-42(39,41-21-23-13-7-6-8-14-23)22-32(19-11-12-20-32)30(38)33-25-18-17-24-15-9-10-16-26(24)34(28(25)35)27(29(36)37)31(2,3)4/h6-10,13-16,25,27H,5,11-12,17-22H2,1-4H3,(H,33,38)(H,36,37)/t25-,27?,42?/m0/s1. The summed E-state index contributed by atoms with van der Waals surface area (Å²) in [5, 5.41) is 13.2. The fourth-order valence-electron chi connectivity index (χ4n) is 6.20. The van der Waals surface area contributed by atoms with Crippen molar-refractivity contribution in [1.82, 2.24) is 5.32 Å². The molecule has 0 spiro atoms. The van der Waals surface area contributed by atoms with Crippen molar-refractivity contribution in [2.24, 2.45) is 10.8 Å². The number of carbonyl (C=O) groups is 3. The van der Waals surface area contributed by atoms with Gasteiger partial charge in [-0.2, -0.15) is 0 Å². The maximum Gasteiger partial charge on any atom is 0.332 e. The van der Waals surface area contributed by atoms with Crippen LogP contribution in [0.15, 0.2) is 54.6 Å². The molecule has 2 aromatic rings. The third-order valence-electron chi connectivity index (χ3n) is 8.24. The van der Waals surface area contributed by atoms with E-state index in [0.717, 1.165) is 24.0 Å². The summed E-state index contributed by atoms with van der Waals surface area (Å²) in [6.45, 7) is 7.36. The zero-order chi connectivity index (χ0) is 30.5. The van der Waals surface area contributed by atoms with Crippen molar-refractivity contribution in [3.05, 3.63) is 65.7 Å². The number of amides is 2. The predicted molar refractivity (Wildman–Crippen MR) is 161 cm³/mol. The molecule has 2 amide bonds. The molecule has 3 atom stereocenters. The number of nitrogens with zero attached hydrogens (tertiary/aromatic N) is 1. The number of hydrogen-bond acceptors (Lipinski definition) is 6. The molecule has 228 valence electrons. The minimum absolute atomic E-state index is 0.0862. The number of rotatable bonds is 11. The lowest BCUT2D eigenvalue weighted by Gasteiger charge is -2.39. The highest BCUT2D eigenvalue weighted by Crippen LogP contribution is 2.57. The van der Waals surface area contributed by atoms with E-state index in [1.165, 1.54) is 4.90 Å². The fraction of sp³-hybridized carbons (Fsp3) is 0.531. The number of anilines is 1. The highest BCUT2D eigenvalue weighted by molar-refractivity contribution is 7.53. The number of para-hydroxylation sites is 1. The fourth-order valence-corrected chi connectivity index (χ4v) is 8.40. The normalized spacial score (nSPS) is 20.7. The summed E-state index contributed by atoms with van der Waals surface area (Å²) >= 11 is 0. The van der Waals surface area contributed by atoms with Crippen molar-refractivity contribution >= 4 is 31.1 Å². The number of fused-ring (bicyclic) bond motifs is 1. The van der Waals surface area contributed by atoms with E-state index < -0.39 is 42.4 Å². The van der Waals surface area contributed by atoms with E-state index in [9.17, 15) is 24.1 Å². The molecule has 2 aliphatic rings. The van der Waals surface area contributed by atoms with E-state index in [0.29, 0.717) is 31.4 Å². The Bertz CT molecular complexity index is 1320. The Hall–Kier alpha value is -3.00. The lowest BCUT2D eigenvalue weighted by atomic mass is 9.84. The Morgan fingerprint density at radius 1 is 1.07 bits per heavy atom. The van der Waals surface area contributed by atoms with Gasteiger partial charge in [-0.25, -0.2) is 4.79 Å². The summed E-state index contributed by atoms with van der Waals surface area (Å²) in [6.07, 6.45) is 3.27. The first kappa shape index (κ1) is 31.9. The van der Waals surface area contributed by atoms with Crippen LogP contribution in [0.4, 0.5) is 5.69 Å². The quantitative estimate of drug-likeness (QED) is 0.306. The van der Waals surface area contributed by atoms with Gasteiger partial charge < -0.3 is 19.5 Å². The van der Waals surface area contributed by atoms with E-state index in [1.54, 1.807) is 39.8 Å². The van der Waals surface area contributed by atoms with Crippen LogP contribution in [0.25, 0.3) is 0 Å². The minimum Gasteiger partial charge on any atom is -0.480 e. The van der Waals surface area contributed by atoms with Crippen LogP contribution in [0.5, 0.6) is 0 Å². The van der Waals surface area contributed by atoms with Crippen LogP contribution in [0.3, 0.4) is 0 Å². The third kappa shape index (κ3) is 7.13. The monoisotopic (exact) mass is 598 g/mol. The Labute approximate surface area is 248 Å². The van der Waals surface area contributed by atoms with Crippen molar-refractivity contribution < 1.29 is 33.1 Å². The maximum atomic E-state index is 14.1. The Kier molecular flexibility index (Phi) is 9.96. The molecule has 0 saturated heterocycles. The second-order valence-corrected chi connectivity index (χ2v) is 14.5. The van der Waals surface area contributed by atoms with Crippen molar-refractivity contribution in [2.45, 2.75) is 84.9 Å². The molecular weight excluding hydrogens is 555 g/mol. The second-order valence-electron chi connectivity index (χ2n) is 12.4. The summed E-state index contributed by atoms with van der Waals surface area (Å²) in [4.78, 5) is 42.1. The zero-order valence-electron chi connectivity index (χ0n) is 25.0. The van der Waals surface area contributed by atoms with Gasteiger partial charge in [0.2, 0.25) is 11.8 Å². The number of aliphatic carboxylic acids is 1. The van der Waals surface area contributed by atoms with Crippen LogP contribution in [-0.2, 0) is 41.0 Å². The molecule has 1 heterocycles. The third-order valence-corrected chi connectivity index (χ3v) is 10.4. The van der Waals surface area contributed by atoms with Gasteiger partial charge in [0.25, 0.3) is 0 Å². The summed E-state index contributed by atoms with van der Waals surface area (Å²) in [5.41, 5.74) is 0.441. The molecule has 1 saturated carbocycles. The van der Waals surface area contributed by atoms with Crippen LogP contribution >= 0.6 is 7.60 Å². The molecule has 1 fully saturated rings. The largest absolute Gasteiger partial charge is 0.480 e. The van der Waals surface area contributed by atoms with E-state index in [4.69, 9.17) is 9.05 Å². The Balaban J connectivity index is 1.61. The molecular formula is C32H43N2O7P. The summed E-state index contributed by atoms with van der Waals surface area (Å²) in [6, 6.07) is 14.6. The number of carboxylic acid groups (broad SMARTS) is 1. The van der Waals surface area contributed by atoms with Crippen LogP contribution in [0, 0.1) is 10.8 Å². The van der Waals surface area contributed by atoms with Gasteiger partial charge in [0.1, 0.15) is 12.1 Å². The van der Waals surface area contributed by atoms with Gasteiger partial charge in [0.05, 0.1) is 24.8 Å². The van der Waals surface area contributed by atoms with Crippen LogP contribution in [0.2, 0.25) is 0 Å². The van der Waals surface area contributed by atoms with Gasteiger partial charge in [0.15, 0.2) is 0 Å². The molecule has 42 heavy (non-hydrogen) atoms. The highest BCUT2D eigenvalue weighted by atomic mass is 31.2. The number of benzene rings is 2. The molecule has 10 heteroatoms. The molecule has 1 aliphatic carbocycles. The summed E-state index contributed by atoms with van der Waals surface area (Å²) < 4.78 is 25.6. The Morgan fingerprint density at radius 3 is 2.33 bits per heavy atom. The molecule has 0 bridgehead atoms. The summed E-state index contributed by atoms with van der Waals surface area (Å²) in [7, 11) is -3.68. The molecule has 2 aromatic carbocycles. The molecule has 9 nitrogen and oxygen atoms in total. The maximum absolute atomic E-state index is 14.1. The van der Waals surface area contributed by atoms with E-state index in [-0.39, 0.29) is 25.3 Å². The first-order valence-electron chi connectivity index (χ1n) is 14.8. The topological polar surface area (TPSA) is 122 Å². The Morgan fingerprint density at radius 2 is 1.71 bits per heavy atom. The smallest absolute Gasteiger partial charge is 0.332 e. The first-order chi connectivity index (χ1) is 19.9. The van der Waals surface area contributed by atoms with Crippen LogP contribution in [-0.4, -0.2) is 47.7 Å². The average molecular weight is 599 g/mol. The highest BCUT2D eigenvalue weighted by Gasteiger charge is 2.50. The molecule has 2 N–H and O–H groups in total. The van der Waals surface area contributed by atoms with Crippen molar-refractivity contribution in [3.63, 3.8) is 0 Å². The number of aryl methyl sites for hydroxylation is 1. The SMILES string of the molecule is CCOP(=O)(CC1(C(=O)N[C@H]2CCc3ccccc3N(C(C(=O)O)C(C)(C)C)C2=O)CCCC1)OCc1ccccc1. The van der Waals surface area contributed by atoms with Gasteiger partial charge in [-0.15, -0.1) is 0 Å². The van der Waals surface area contributed by atoms with E-state index in [1.807, 2.05) is 42.5 Å². The molecule has 0 radical (unpaired) electrons. The predicted octanol–water partition coefficient (Wildman–Crippen LogP) is 5.96. The van der Waals surface area contributed by atoms with Crippen molar-refractivity contribution in [2.75, 3.05) is 17.7 Å². The first-order valence-corrected chi connectivity index (χ1v) is 16.5. The number of carboxylic acids is 1. The molecule has 4 rings (SSSR count). The lowest BCUT2D eigenvalue weighted by Crippen LogP contribution is -2.59. The second kappa shape index (κ2) is 13.1. The molecule has 2 unspecified atom stereocenters. The number of carbonyl (C=O) groups excluding carboxylic acids is 2. The van der Waals surface area contributed by atoms with E-state index in [2.05, 4.69) is 5.32 Å². The van der Waals surface area contributed by atoms with Gasteiger partial charge in [-0.05, 0) is 55.2 Å². The van der Waals surface area contributed by atoms with E-state index >= 15 is 0 Å². The average Bonchev–Trinajstić information content (AvgIpc) is 3.37.